The number of furan rings is 1. The van der Waals surface area contributed by atoms with Crippen LogP contribution in [0.3, 0.4) is 0 Å². The predicted molar refractivity (Wildman–Crippen MR) is 124 cm³/mol. The number of halogens is 1. The molecule has 0 atom stereocenters. The molecule has 4 aromatic rings. The van der Waals surface area contributed by atoms with Gasteiger partial charge < -0.3 is 18.5 Å². The highest BCUT2D eigenvalue weighted by atomic mass is 35.5. The van der Waals surface area contributed by atoms with Gasteiger partial charge in [0.1, 0.15) is 11.5 Å². The number of nitrogens with zero attached hydrogens (tertiary/aromatic N) is 2. The number of hydrogen-bond acceptors (Lipinski definition) is 6. The van der Waals surface area contributed by atoms with E-state index in [0.717, 1.165) is 16.5 Å². The summed E-state index contributed by atoms with van der Waals surface area (Å²) in [7, 11) is 1.30. The molecule has 0 radical (unpaired) electrons. The summed E-state index contributed by atoms with van der Waals surface area (Å²) in [4.78, 5) is 23.7. The first-order valence-electron chi connectivity index (χ1n) is 9.98. The van der Waals surface area contributed by atoms with Gasteiger partial charge in [0.15, 0.2) is 6.61 Å². The summed E-state index contributed by atoms with van der Waals surface area (Å²) in [5.74, 6) is 0.319. The predicted octanol–water partition coefficient (Wildman–Crippen LogP) is 4.25. The number of benzene rings is 2. The highest BCUT2D eigenvalue weighted by molar-refractivity contribution is 6.30. The quantitative estimate of drug-likeness (QED) is 0.238. The van der Waals surface area contributed by atoms with Crippen LogP contribution in [0.4, 0.5) is 0 Å². The summed E-state index contributed by atoms with van der Waals surface area (Å²) >= 11 is 5.90. The largest absolute Gasteiger partial charge is 0.484 e. The molecule has 0 aliphatic carbocycles. The van der Waals surface area contributed by atoms with Crippen molar-refractivity contribution in [1.29, 1.82) is 0 Å². The normalized spacial score (nSPS) is 11.1. The second-order valence-corrected chi connectivity index (χ2v) is 7.46. The molecule has 4 rings (SSSR count). The molecule has 168 valence electrons. The number of ether oxygens (including phenoxy) is 2. The lowest BCUT2D eigenvalue weighted by Gasteiger charge is -2.04. The lowest BCUT2D eigenvalue weighted by Crippen LogP contribution is -2.24. The molecular formula is C24H20ClN3O5. The molecule has 0 fully saturated rings. The van der Waals surface area contributed by atoms with Gasteiger partial charge >= 0.3 is 5.97 Å². The Labute approximate surface area is 194 Å². The first kappa shape index (κ1) is 22.2. The zero-order chi connectivity index (χ0) is 23.2. The number of esters is 1. The van der Waals surface area contributed by atoms with Crippen LogP contribution in [0.2, 0.25) is 5.02 Å². The highest BCUT2D eigenvalue weighted by Gasteiger charge is 2.13. The molecule has 1 amide bonds. The van der Waals surface area contributed by atoms with Crippen molar-refractivity contribution in [2.24, 2.45) is 5.10 Å². The van der Waals surface area contributed by atoms with Crippen molar-refractivity contribution < 1.29 is 23.5 Å². The summed E-state index contributed by atoms with van der Waals surface area (Å²) in [5, 5.41) is 5.53. The average Bonchev–Trinajstić information content (AvgIpc) is 3.43. The van der Waals surface area contributed by atoms with E-state index in [9.17, 15) is 9.59 Å². The Balaban J connectivity index is 1.43. The maximum Gasteiger partial charge on any atom is 0.373 e. The zero-order valence-corrected chi connectivity index (χ0v) is 18.4. The molecule has 2 aromatic heterocycles. The summed E-state index contributed by atoms with van der Waals surface area (Å²) < 4.78 is 17.6. The van der Waals surface area contributed by atoms with Crippen molar-refractivity contribution in [2.45, 2.75) is 6.54 Å². The molecule has 0 saturated carbocycles. The van der Waals surface area contributed by atoms with Gasteiger partial charge in [-0.05, 0) is 36.4 Å². The van der Waals surface area contributed by atoms with E-state index in [1.807, 2.05) is 35.0 Å². The fraction of sp³-hybridized carbons (Fsp3) is 0.125. The van der Waals surface area contributed by atoms with Crippen molar-refractivity contribution >= 4 is 40.6 Å². The minimum Gasteiger partial charge on any atom is -0.484 e. The topological polar surface area (TPSA) is 95.1 Å². The Hall–Kier alpha value is -4.04. The lowest BCUT2D eigenvalue weighted by molar-refractivity contribution is -0.123. The molecule has 33 heavy (non-hydrogen) atoms. The molecule has 0 saturated heterocycles. The van der Waals surface area contributed by atoms with Crippen molar-refractivity contribution in [1.82, 2.24) is 9.99 Å². The van der Waals surface area contributed by atoms with Crippen LogP contribution in [-0.2, 0) is 16.1 Å². The van der Waals surface area contributed by atoms with Crippen LogP contribution in [0.5, 0.6) is 5.75 Å². The number of carbonyl (C=O) groups excluding carboxylic acids is 2. The van der Waals surface area contributed by atoms with Crippen LogP contribution >= 0.6 is 11.6 Å². The highest BCUT2D eigenvalue weighted by Crippen LogP contribution is 2.22. The van der Waals surface area contributed by atoms with E-state index >= 15 is 0 Å². The van der Waals surface area contributed by atoms with E-state index in [1.165, 1.54) is 7.11 Å². The fourth-order valence-corrected chi connectivity index (χ4v) is 3.44. The SMILES string of the molecule is COC(=O)c1ccc(Cn2cc(/C=N/NC(=O)COc3cccc(Cl)c3)c3ccccc32)o1. The number of rotatable bonds is 8. The molecule has 2 aromatic carbocycles. The third-order valence-corrected chi connectivity index (χ3v) is 4.99. The summed E-state index contributed by atoms with van der Waals surface area (Å²) in [5.41, 5.74) is 4.21. The van der Waals surface area contributed by atoms with Crippen LogP contribution in [0, 0.1) is 0 Å². The minimum atomic E-state index is -0.526. The maximum atomic E-state index is 12.0. The average molecular weight is 466 g/mol. The maximum absolute atomic E-state index is 12.0. The minimum absolute atomic E-state index is 0.147. The summed E-state index contributed by atoms with van der Waals surface area (Å²) in [6.07, 6.45) is 3.46. The molecule has 0 spiro atoms. The first-order chi connectivity index (χ1) is 16.0. The molecule has 0 bridgehead atoms. The number of para-hydroxylation sites is 1. The van der Waals surface area contributed by atoms with Crippen LogP contribution < -0.4 is 10.2 Å². The van der Waals surface area contributed by atoms with Crippen LogP contribution in [-0.4, -0.2) is 36.4 Å². The molecular weight excluding hydrogens is 446 g/mol. The monoisotopic (exact) mass is 465 g/mol. The number of hydrogen-bond donors (Lipinski definition) is 1. The molecule has 0 aliphatic rings. The van der Waals surface area contributed by atoms with Crippen molar-refractivity contribution in [3.05, 3.63) is 89.0 Å². The first-order valence-corrected chi connectivity index (χ1v) is 10.4. The Morgan fingerprint density at radius 1 is 1.15 bits per heavy atom. The third-order valence-electron chi connectivity index (χ3n) is 4.75. The molecule has 9 heteroatoms. The van der Waals surface area contributed by atoms with Crippen LogP contribution in [0.15, 0.2) is 76.4 Å². The summed E-state index contributed by atoms with van der Waals surface area (Å²) in [6.45, 7) is 0.214. The van der Waals surface area contributed by atoms with Gasteiger partial charge in [0.25, 0.3) is 5.91 Å². The van der Waals surface area contributed by atoms with E-state index in [1.54, 1.807) is 42.6 Å². The van der Waals surface area contributed by atoms with Gasteiger partial charge in [-0.15, -0.1) is 0 Å². The second kappa shape index (κ2) is 10.1. The van der Waals surface area contributed by atoms with E-state index < -0.39 is 11.9 Å². The number of aromatic nitrogens is 1. The molecule has 0 aliphatic heterocycles. The van der Waals surface area contributed by atoms with Crippen molar-refractivity contribution in [2.75, 3.05) is 13.7 Å². The number of carbonyl (C=O) groups is 2. The number of amides is 1. The smallest absolute Gasteiger partial charge is 0.373 e. The van der Waals surface area contributed by atoms with Crippen molar-refractivity contribution in [3.63, 3.8) is 0 Å². The second-order valence-electron chi connectivity index (χ2n) is 7.03. The van der Waals surface area contributed by atoms with E-state index in [0.29, 0.717) is 23.1 Å². The van der Waals surface area contributed by atoms with Gasteiger partial charge in [-0.1, -0.05) is 35.9 Å². The number of fused-ring (bicyclic) bond motifs is 1. The van der Waals surface area contributed by atoms with Gasteiger partial charge in [0.2, 0.25) is 5.76 Å². The van der Waals surface area contributed by atoms with E-state index in [-0.39, 0.29) is 12.4 Å². The van der Waals surface area contributed by atoms with Gasteiger partial charge in [-0.3, -0.25) is 4.79 Å². The van der Waals surface area contributed by atoms with Crippen LogP contribution in [0.25, 0.3) is 10.9 Å². The van der Waals surface area contributed by atoms with Gasteiger partial charge in [0, 0.05) is 27.7 Å². The Morgan fingerprint density at radius 2 is 2.00 bits per heavy atom. The zero-order valence-electron chi connectivity index (χ0n) is 17.7. The molecule has 1 N–H and O–H groups in total. The van der Waals surface area contributed by atoms with E-state index in [2.05, 4.69) is 15.3 Å². The van der Waals surface area contributed by atoms with Gasteiger partial charge in [0.05, 0.1) is 19.9 Å². The summed E-state index contributed by atoms with van der Waals surface area (Å²) in [6, 6.07) is 17.9. The van der Waals surface area contributed by atoms with Crippen molar-refractivity contribution in [3.8, 4) is 5.75 Å². The van der Waals surface area contributed by atoms with Crippen LogP contribution in [0.1, 0.15) is 21.9 Å². The van der Waals surface area contributed by atoms with Gasteiger partial charge in [-0.25, -0.2) is 10.2 Å². The number of nitrogens with one attached hydrogen (secondary N) is 1. The molecule has 8 nitrogen and oxygen atoms in total. The Bertz CT molecular complexity index is 1320. The van der Waals surface area contributed by atoms with E-state index in [4.69, 9.17) is 20.8 Å². The molecule has 0 unspecified atom stereocenters. The lowest BCUT2D eigenvalue weighted by atomic mass is 10.2. The fourth-order valence-electron chi connectivity index (χ4n) is 3.26. The Kier molecular flexibility index (Phi) is 6.75. The Morgan fingerprint density at radius 3 is 2.82 bits per heavy atom. The third kappa shape index (κ3) is 5.42. The molecule has 2 heterocycles. The number of hydrazone groups is 1. The standard InChI is InChI=1S/C24H20ClN3O5/c1-31-24(30)22-10-9-19(33-22)14-28-13-16(20-7-2-3-8-21(20)28)12-26-27-23(29)15-32-18-6-4-5-17(25)11-18/h2-13H,14-15H2,1H3,(H,27,29)/b26-12+. The van der Waals surface area contributed by atoms with Gasteiger partial charge in [-0.2, -0.15) is 5.10 Å². The number of methoxy groups -OCH3 is 1.